The summed E-state index contributed by atoms with van der Waals surface area (Å²) in [6, 6.07) is 5.75. The molecule has 104 valence electrons. The zero-order valence-corrected chi connectivity index (χ0v) is 10.4. The van der Waals surface area contributed by atoms with E-state index >= 15 is 0 Å². The molecule has 0 aliphatic carbocycles. The average Bonchev–Trinajstić information content (AvgIpc) is 2.86. The first-order chi connectivity index (χ1) is 9.49. The number of para-hydroxylation sites is 1. The van der Waals surface area contributed by atoms with E-state index in [1.165, 1.54) is 12.1 Å². The van der Waals surface area contributed by atoms with Crippen molar-refractivity contribution in [3.8, 4) is 5.75 Å². The van der Waals surface area contributed by atoms with E-state index < -0.39 is 10.9 Å². The second-order valence-electron chi connectivity index (χ2n) is 3.95. The van der Waals surface area contributed by atoms with Crippen LogP contribution in [0, 0.1) is 17.0 Å². The molecule has 0 radical (unpaired) electrons. The van der Waals surface area contributed by atoms with Gasteiger partial charge in [0.25, 0.3) is 0 Å². The van der Waals surface area contributed by atoms with Gasteiger partial charge in [-0.05, 0) is 12.5 Å². The topological polar surface area (TPSA) is 116 Å². The molecular formula is C12H10N2O6. The first kappa shape index (κ1) is 13.5. The number of ether oxygens (including phenoxy) is 1. The fourth-order valence-electron chi connectivity index (χ4n) is 1.59. The van der Waals surface area contributed by atoms with Crippen molar-refractivity contribution in [1.29, 1.82) is 0 Å². The number of nitro benzene ring substituents is 1. The number of aromatic carboxylic acids is 1. The third-order valence-corrected chi connectivity index (χ3v) is 2.52. The molecule has 8 nitrogen and oxygen atoms in total. The zero-order valence-electron chi connectivity index (χ0n) is 10.4. The van der Waals surface area contributed by atoms with Crippen molar-refractivity contribution in [3.05, 3.63) is 51.4 Å². The number of hydrogen-bond donors (Lipinski definition) is 1. The smallest absolute Gasteiger partial charge is 0.358 e. The molecule has 0 atom stereocenters. The Morgan fingerprint density at radius 1 is 1.55 bits per heavy atom. The maximum absolute atomic E-state index is 10.9. The van der Waals surface area contributed by atoms with Crippen LogP contribution >= 0.6 is 0 Å². The van der Waals surface area contributed by atoms with E-state index in [0.717, 1.165) is 0 Å². The third-order valence-electron chi connectivity index (χ3n) is 2.52. The van der Waals surface area contributed by atoms with Gasteiger partial charge < -0.3 is 14.4 Å². The summed E-state index contributed by atoms with van der Waals surface area (Å²) in [5.41, 5.74) is 0.183. The summed E-state index contributed by atoms with van der Waals surface area (Å²) >= 11 is 0. The van der Waals surface area contributed by atoms with Gasteiger partial charge in [-0.2, -0.15) is 0 Å². The van der Waals surface area contributed by atoms with Crippen molar-refractivity contribution in [1.82, 2.24) is 5.16 Å². The molecule has 0 saturated heterocycles. The molecule has 0 bridgehead atoms. The first-order valence-corrected chi connectivity index (χ1v) is 5.54. The van der Waals surface area contributed by atoms with E-state index in [2.05, 4.69) is 5.16 Å². The number of aromatic nitrogens is 1. The van der Waals surface area contributed by atoms with Gasteiger partial charge in [-0.3, -0.25) is 10.1 Å². The summed E-state index contributed by atoms with van der Waals surface area (Å²) in [5.74, 6) is -0.937. The monoisotopic (exact) mass is 278 g/mol. The number of benzene rings is 1. The van der Waals surface area contributed by atoms with Gasteiger partial charge in [0.05, 0.1) is 4.92 Å². The van der Waals surface area contributed by atoms with Crippen molar-refractivity contribution in [3.63, 3.8) is 0 Å². The van der Waals surface area contributed by atoms with Crippen molar-refractivity contribution >= 4 is 11.7 Å². The highest BCUT2D eigenvalue weighted by Crippen LogP contribution is 2.30. The fraction of sp³-hybridized carbons (Fsp3) is 0.167. The number of hydrogen-bond acceptors (Lipinski definition) is 6. The first-order valence-electron chi connectivity index (χ1n) is 5.54. The van der Waals surface area contributed by atoms with E-state index in [0.29, 0.717) is 5.56 Å². The normalized spacial score (nSPS) is 10.2. The number of nitrogens with zero attached hydrogens (tertiary/aromatic N) is 2. The summed E-state index contributed by atoms with van der Waals surface area (Å²) in [6.07, 6.45) is 0. The van der Waals surface area contributed by atoms with Crippen LogP contribution in [0.4, 0.5) is 5.69 Å². The van der Waals surface area contributed by atoms with Gasteiger partial charge in [0.15, 0.2) is 11.5 Å². The van der Waals surface area contributed by atoms with Crippen LogP contribution in [-0.4, -0.2) is 21.2 Å². The Bertz CT molecular complexity index is 664. The van der Waals surface area contributed by atoms with Crippen LogP contribution in [0.3, 0.4) is 0 Å². The van der Waals surface area contributed by atoms with E-state index in [-0.39, 0.29) is 29.5 Å². The van der Waals surface area contributed by atoms with E-state index in [9.17, 15) is 14.9 Å². The molecule has 0 spiro atoms. The lowest BCUT2D eigenvalue weighted by atomic mass is 10.2. The summed E-state index contributed by atoms with van der Waals surface area (Å²) in [7, 11) is 0. The number of carboxylic acids is 1. The lowest BCUT2D eigenvalue weighted by Crippen LogP contribution is -2.00. The summed E-state index contributed by atoms with van der Waals surface area (Å²) in [5, 5.41) is 22.9. The number of aryl methyl sites for hydroxylation is 1. The number of nitro groups is 1. The van der Waals surface area contributed by atoms with Gasteiger partial charge in [0.2, 0.25) is 5.75 Å². The van der Waals surface area contributed by atoms with Crippen molar-refractivity contribution < 1.29 is 24.1 Å². The molecule has 0 aliphatic rings. The molecule has 0 saturated carbocycles. The van der Waals surface area contributed by atoms with E-state index in [4.69, 9.17) is 14.4 Å². The van der Waals surface area contributed by atoms with Crippen LogP contribution in [0.1, 0.15) is 21.8 Å². The molecule has 0 aliphatic heterocycles. The summed E-state index contributed by atoms with van der Waals surface area (Å²) < 4.78 is 10.1. The highest BCUT2D eigenvalue weighted by Gasteiger charge is 2.18. The van der Waals surface area contributed by atoms with E-state index in [1.807, 2.05) is 0 Å². The van der Waals surface area contributed by atoms with Crippen LogP contribution in [0.25, 0.3) is 0 Å². The van der Waals surface area contributed by atoms with Crippen molar-refractivity contribution in [2.45, 2.75) is 13.5 Å². The molecule has 2 rings (SSSR count). The Kier molecular flexibility index (Phi) is 3.65. The molecule has 0 amide bonds. The van der Waals surface area contributed by atoms with Crippen LogP contribution < -0.4 is 4.74 Å². The van der Waals surface area contributed by atoms with Gasteiger partial charge in [-0.25, -0.2) is 4.79 Å². The second kappa shape index (κ2) is 5.39. The molecule has 1 heterocycles. The molecule has 1 aromatic heterocycles. The predicted molar refractivity (Wildman–Crippen MR) is 65.6 cm³/mol. The molecule has 8 heteroatoms. The number of rotatable bonds is 5. The zero-order chi connectivity index (χ0) is 14.7. The van der Waals surface area contributed by atoms with Crippen LogP contribution in [0.5, 0.6) is 5.75 Å². The number of carbonyl (C=O) groups is 1. The average molecular weight is 278 g/mol. The molecule has 1 aromatic carbocycles. The molecular weight excluding hydrogens is 268 g/mol. The lowest BCUT2D eigenvalue weighted by molar-refractivity contribution is -0.386. The Balaban J connectivity index is 2.18. The van der Waals surface area contributed by atoms with Gasteiger partial charge in [-0.15, -0.1) is 0 Å². The van der Waals surface area contributed by atoms with Gasteiger partial charge in [-0.1, -0.05) is 17.3 Å². The highest BCUT2D eigenvalue weighted by molar-refractivity contribution is 5.85. The number of carboxylic acid groups (broad SMARTS) is 1. The molecule has 0 unspecified atom stereocenters. The maximum atomic E-state index is 10.9. The molecule has 2 aromatic rings. The minimum absolute atomic E-state index is 0.116. The standard InChI is InChI=1S/C12H10N2O6/c1-7-3-2-4-10(14(17)18)11(7)19-6-8-5-9(12(15)16)13-20-8/h2-5H,6H2,1H3,(H,15,16). The van der Waals surface area contributed by atoms with Crippen LogP contribution in [0.2, 0.25) is 0 Å². The summed E-state index contributed by atoms with van der Waals surface area (Å²) in [6.45, 7) is 1.53. The SMILES string of the molecule is Cc1cccc([N+](=O)[O-])c1OCc1cc(C(=O)O)no1. The van der Waals surface area contributed by atoms with Gasteiger partial charge >= 0.3 is 11.7 Å². The fourth-order valence-corrected chi connectivity index (χ4v) is 1.59. The summed E-state index contributed by atoms with van der Waals surface area (Å²) in [4.78, 5) is 21.0. The van der Waals surface area contributed by atoms with Gasteiger partial charge in [0.1, 0.15) is 6.61 Å². The third kappa shape index (κ3) is 2.74. The van der Waals surface area contributed by atoms with Crippen molar-refractivity contribution in [2.24, 2.45) is 0 Å². The Morgan fingerprint density at radius 2 is 2.30 bits per heavy atom. The predicted octanol–water partition coefficient (Wildman–Crippen LogP) is 2.17. The van der Waals surface area contributed by atoms with Gasteiger partial charge in [0, 0.05) is 12.1 Å². The lowest BCUT2D eigenvalue weighted by Gasteiger charge is -2.07. The van der Waals surface area contributed by atoms with E-state index in [1.54, 1.807) is 19.1 Å². The maximum Gasteiger partial charge on any atom is 0.358 e. The minimum Gasteiger partial charge on any atom is -0.478 e. The highest BCUT2D eigenvalue weighted by atomic mass is 16.6. The Labute approximate surface area is 112 Å². The quantitative estimate of drug-likeness (QED) is 0.658. The second-order valence-corrected chi connectivity index (χ2v) is 3.95. The molecule has 20 heavy (non-hydrogen) atoms. The molecule has 0 fully saturated rings. The largest absolute Gasteiger partial charge is 0.478 e. The van der Waals surface area contributed by atoms with Crippen molar-refractivity contribution in [2.75, 3.05) is 0 Å². The minimum atomic E-state index is -1.22. The molecule has 1 N–H and O–H groups in total. The van der Waals surface area contributed by atoms with Crippen LogP contribution in [-0.2, 0) is 6.61 Å². The Morgan fingerprint density at radius 3 is 2.90 bits per heavy atom. The Hall–Kier alpha value is -2.90. The van der Waals surface area contributed by atoms with Crippen LogP contribution in [0.15, 0.2) is 28.8 Å².